The zero-order valence-electron chi connectivity index (χ0n) is 12.9. The quantitative estimate of drug-likeness (QED) is 0.791. The summed E-state index contributed by atoms with van der Waals surface area (Å²) in [5.74, 6) is 0.225. The lowest BCUT2D eigenvalue weighted by Gasteiger charge is -2.12. The van der Waals surface area contributed by atoms with Crippen molar-refractivity contribution in [2.24, 2.45) is 0 Å². The van der Waals surface area contributed by atoms with Crippen molar-refractivity contribution in [3.63, 3.8) is 0 Å². The van der Waals surface area contributed by atoms with Gasteiger partial charge in [0.05, 0.1) is 19.2 Å². The predicted octanol–water partition coefficient (Wildman–Crippen LogP) is 2.54. The molecule has 0 bridgehead atoms. The van der Waals surface area contributed by atoms with Crippen LogP contribution in [0.3, 0.4) is 0 Å². The molecule has 0 saturated carbocycles. The van der Waals surface area contributed by atoms with Gasteiger partial charge in [-0.05, 0) is 35.9 Å². The number of ether oxygens (including phenoxy) is 1. The van der Waals surface area contributed by atoms with E-state index in [0.29, 0.717) is 17.1 Å². The van der Waals surface area contributed by atoms with Gasteiger partial charge in [0.1, 0.15) is 11.5 Å². The first kappa shape index (κ1) is 16.4. The summed E-state index contributed by atoms with van der Waals surface area (Å²) in [4.78, 5) is 23.3. The van der Waals surface area contributed by atoms with Gasteiger partial charge in [0, 0.05) is 12.6 Å². The van der Waals surface area contributed by atoms with Crippen LogP contribution in [-0.2, 0) is 16.0 Å². The first-order valence-electron chi connectivity index (χ1n) is 7.01. The molecule has 0 unspecified atom stereocenters. The van der Waals surface area contributed by atoms with E-state index in [1.54, 1.807) is 30.3 Å². The van der Waals surface area contributed by atoms with Crippen LogP contribution < -0.4 is 15.4 Å². The predicted molar refractivity (Wildman–Crippen MR) is 87.7 cm³/mol. The number of phenolic OH excluding ortho intramolecular Hbond substituents is 1. The molecule has 2 aromatic rings. The van der Waals surface area contributed by atoms with Crippen LogP contribution in [0.5, 0.6) is 11.5 Å². The van der Waals surface area contributed by atoms with E-state index in [2.05, 4.69) is 10.6 Å². The number of hydrogen-bond acceptors (Lipinski definition) is 4. The second-order valence-corrected chi connectivity index (χ2v) is 4.99. The molecule has 0 heterocycles. The Bertz CT molecular complexity index is 711. The fraction of sp³-hybridized carbons (Fsp3) is 0.176. The van der Waals surface area contributed by atoms with E-state index < -0.39 is 0 Å². The van der Waals surface area contributed by atoms with Crippen LogP contribution in [0.25, 0.3) is 0 Å². The molecule has 0 fully saturated rings. The van der Waals surface area contributed by atoms with Gasteiger partial charge in [-0.25, -0.2) is 0 Å². The van der Waals surface area contributed by atoms with Crippen molar-refractivity contribution in [1.29, 1.82) is 0 Å². The summed E-state index contributed by atoms with van der Waals surface area (Å²) in [6, 6.07) is 11.4. The summed E-state index contributed by atoms with van der Waals surface area (Å²) < 4.78 is 5.21. The summed E-state index contributed by atoms with van der Waals surface area (Å²) in [7, 11) is 1.50. The van der Waals surface area contributed by atoms with Gasteiger partial charge in [0.15, 0.2) is 0 Å². The maximum Gasteiger partial charge on any atom is 0.228 e. The summed E-state index contributed by atoms with van der Waals surface area (Å²) in [6.45, 7) is 1.41. The molecule has 6 heteroatoms. The van der Waals surface area contributed by atoms with E-state index in [1.807, 2.05) is 0 Å². The number of anilines is 2. The number of amides is 2. The SMILES string of the molecule is COc1ccc(NC(C)=O)cc1NC(=O)Cc1ccc(O)cc1. The van der Waals surface area contributed by atoms with Crippen LogP contribution in [-0.4, -0.2) is 24.0 Å². The van der Waals surface area contributed by atoms with Crippen molar-refractivity contribution < 1.29 is 19.4 Å². The molecule has 2 rings (SSSR count). The number of carbonyl (C=O) groups excluding carboxylic acids is 2. The lowest BCUT2D eigenvalue weighted by molar-refractivity contribution is -0.116. The van der Waals surface area contributed by atoms with Crippen LogP contribution in [0.1, 0.15) is 12.5 Å². The lowest BCUT2D eigenvalue weighted by atomic mass is 10.1. The van der Waals surface area contributed by atoms with Gasteiger partial charge in [-0.3, -0.25) is 9.59 Å². The van der Waals surface area contributed by atoms with Crippen molar-refractivity contribution in [2.75, 3.05) is 17.7 Å². The minimum atomic E-state index is -0.228. The third-order valence-electron chi connectivity index (χ3n) is 3.09. The van der Waals surface area contributed by atoms with E-state index in [1.165, 1.54) is 26.2 Å². The number of rotatable bonds is 5. The van der Waals surface area contributed by atoms with Crippen LogP contribution in [0.4, 0.5) is 11.4 Å². The molecule has 0 saturated heterocycles. The maximum absolute atomic E-state index is 12.2. The number of phenols is 1. The summed E-state index contributed by atoms with van der Waals surface area (Å²) >= 11 is 0. The minimum absolute atomic E-state index is 0.152. The normalized spacial score (nSPS) is 10.0. The molecular formula is C17H18N2O4. The Morgan fingerprint density at radius 3 is 2.39 bits per heavy atom. The Kier molecular flexibility index (Phi) is 5.19. The fourth-order valence-electron chi connectivity index (χ4n) is 2.08. The molecule has 3 N–H and O–H groups in total. The third kappa shape index (κ3) is 4.74. The van der Waals surface area contributed by atoms with Gasteiger partial charge in [0.25, 0.3) is 0 Å². The smallest absolute Gasteiger partial charge is 0.228 e. The van der Waals surface area contributed by atoms with E-state index in [9.17, 15) is 14.7 Å². The summed E-state index contributed by atoms with van der Waals surface area (Å²) in [5, 5.41) is 14.7. The van der Waals surface area contributed by atoms with Crippen LogP contribution >= 0.6 is 0 Å². The first-order valence-corrected chi connectivity index (χ1v) is 7.01. The highest BCUT2D eigenvalue weighted by Crippen LogP contribution is 2.28. The van der Waals surface area contributed by atoms with E-state index in [-0.39, 0.29) is 24.0 Å². The van der Waals surface area contributed by atoms with Gasteiger partial charge in [-0.2, -0.15) is 0 Å². The van der Waals surface area contributed by atoms with Crippen molar-refractivity contribution in [3.05, 3.63) is 48.0 Å². The van der Waals surface area contributed by atoms with Gasteiger partial charge in [0.2, 0.25) is 11.8 Å². The molecule has 0 aliphatic heterocycles. The van der Waals surface area contributed by atoms with E-state index >= 15 is 0 Å². The Hall–Kier alpha value is -3.02. The Morgan fingerprint density at radius 2 is 1.78 bits per heavy atom. The van der Waals surface area contributed by atoms with E-state index in [0.717, 1.165) is 5.56 Å². The monoisotopic (exact) mass is 314 g/mol. The fourth-order valence-corrected chi connectivity index (χ4v) is 2.08. The highest BCUT2D eigenvalue weighted by Gasteiger charge is 2.10. The molecule has 23 heavy (non-hydrogen) atoms. The molecule has 120 valence electrons. The molecule has 0 aromatic heterocycles. The van der Waals surface area contributed by atoms with Gasteiger partial charge >= 0.3 is 0 Å². The number of benzene rings is 2. The average molecular weight is 314 g/mol. The Labute approximate surface area is 134 Å². The Balaban J connectivity index is 2.12. The zero-order chi connectivity index (χ0) is 16.8. The summed E-state index contributed by atoms with van der Waals surface area (Å²) in [6.07, 6.45) is 0.161. The number of aromatic hydroxyl groups is 1. The average Bonchev–Trinajstić information content (AvgIpc) is 2.49. The molecule has 0 spiro atoms. The van der Waals surface area contributed by atoms with Crippen molar-refractivity contribution in [1.82, 2.24) is 0 Å². The van der Waals surface area contributed by atoms with E-state index in [4.69, 9.17) is 4.74 Å². The molecule has 0 aliphatic carbocycles. The molecule has 2 aromatic carbocycles. The third-order valence-corrected chi connectivity index (χ3v) is 3.09. The molecule has 0 aliphatic rings. The molecule has 0 atom stereocenters. The number of nitrogens with one attached hydrogen (secondary N) is 2. The summed E-state index contributed by atoms with van der Waals surface area (Å²) in [5.41, 5.74) is 1.82. The topological polar surface area (TPSA) is 87.7 Å². The first-order chi connectivity index (χ1) is 11.0. The second kappa shape index (κ2) is 7.31. The van der Waals surface area contributed by atoms with Gasteiger partial charge in [-0.1, -0.05) is 12.1 Å². The van der Waals surface area contributed by atoms with Crippen molar-refractivity contribution in [3.8, 4) is 11.5 Å². The Morgan fingerprint density at radius 1 is 1.09 bits per heavy atom. The standard InChI is InChI=1S/C17H18N2O4/c1-11(20)18-13-5-8-16(23-2)15(10-13)19-17(22)9-12-3-6-14(21)7-4-12/h3-8,10,21H,9H2,1-2H3,(H,18,20)(H,19,22). The largest absolute Gasteiger partial charge is 0.508 e. The molecular weight excluding hydrogens is 296 g/mol. The highest BCUT2D eigenvalue weighted by atomic mass is 16.5. The number of carbonyl (C=O) groups is 2. The lowest BCUT2D eigenvalue weighted by Crippen LogP contribution is -2.15. The number of hydrogen-bond donors (Lipinski definition) is 3. The van der Waals surface area contributed by atoms with Crippen LogP contribution in [0.2, 0.25) is 0 Å². The second-order valence-electron chi connectivity index (χ2n) is 4.99. The van der Waals surface area contributed by atoms with Crippen LogP contribution in [0, 0.1) is 0 Å². The van der Waals surface area contributed by atoms with Gasteiger partial charge < -0.3 is 20.5 Å². The van der Waals surface area contributed by atoms with Crippen molar-refractivity contribution in [2.45, 2.75) is 13.3 Å². The minimum Gasteiger partial charge on any atom is -0.508 e. The zero-order valence-corrected chi connectivity index (χ0v) is 12.9. The van der Waals surface area contributed by atoms with Crippen molar-refractivity contribution >= 4 is 23.2 Å². The molecule has 0 radical (unpaired) electrons. The van der Waals surface area contributed by atoms with Crippen LogP contribution in [0.15, 0.2) is 42.5 Å². The molecule has 6 nitrogen and oxygen atoms in total. The maximum atomic E-state index is 12.2. The number of methoxy groups -OCH3 is 1. The van der Waals surface area contributed by atoms with Gasteiger partial charge in [-0.15, -0.1) is 0 Å². The highest BCUT2D eigenvalue weighted by molar-refractivity contribution is 5.95. The molecule has 2 amide bonds.